The third kappa shape index (κ3) is 6.11. The van der Waals surface area contributed by atoms with Gasteiger partial charge in [-0.05, 0) is 17.8 Å². The zero-order valence-corrected chi connectivity index (χ0v) is 17.2. The number of nitrogens with one attached hydrogen (secondary N) is 2. The summed E-state index contributed by atoms with van der Waals surface area (Å²) in [5.41, 5.74) is 0.822. The molecular weight excluding hydrogens is 384 g/mol. The number of hydrogen-bond acceptors (Lipinski definition) is 4. The summed E-state index contributed by atoms with van der Waals surface area (Å²) < 4.78 is 32.2. The van der Waals surface area contributed by atoms with Gasteiger partial charge in [0.2, 0.25) is 10.0 Å². The molecule has 0 radical (unpaired) electrons. The SMILES string of the molecule is O=S(=O)(Cc1ccccc1)N1CCN(C(=S)NCC[NH+]2CCOCC2)CC1. The number of benzene rings is 1. The van der Waals surface area contributed by atoms with Gasteiger partial charge in [0.15, 0.2) is 5.11 Å². The highest BCUT2D eigenvalue weighted by molar-refractivity contribution is 7.88. The average Bonchev–Trinajstić information content (AvgIpc) is 2.69. The van der Waals surface area contributed by atoms with E-state index in [1.807, 2.05) is 30.3 Å². The lowest BCUT2D eigenvalue weighted by molar-refractivity contribution is -0.906. The topological polar surface area (TPSA) is 66.3 Å². The average molecular weight is 414 g/mol. The van der Waals surface area contributed by atoms with Crippen LogP contribution in [0.4, 0.5) is 0 Å². The van der Waals surface area contributed by atoms with Crippen molar-refractivity contribution in [1.82, 2.24) is 14.5 Å². The molecule has 1 aromatic carbocycles. The molecule has 2 heterocycles. The molecule has 2 N–H and O–H groups in total. The summed E-state index contributed by atoms with van der Waals surface area (Å²) in [5, 5.41) is 4.05. The van der Waals surface area contributed by atoms with Crippen LogP contribution < -0.4 is 10.2 Å². The van der Waals surface area contributed by atoms with Crippen molar-refractivity contribution in [2.24, 2.45) is 0 Å². The third-order valence-corrected chi connectivity index (χ3v) is 7.32. The van der Waals surface area contributed by atoms with Crippen molar-refractivity contribution in [1.29, 1.82) is 0 Å². The van der Waals surface area contributed by atoms with E-state index in [0.29, 0.717) is 26.2 Å². The lowest BCUT2D eigenvalue weighted by Crippen LogP contribution is -3.14. The van der Waals surface area contributed by atoms with E-state index in [0.717, 1.165) is 50.1 Å². The fourth-order valence-corrected chi connectivity index (χ4v) is 5.21. The third-order valence-electron chi connectivity index (χ3n) is 5.07. The first kappa shape index (κ1) is 20.5. The van der Waals surface area contributed by atoms with Crippen LogP contribution in [0, 0.1) is 0 Å². The van der Waals surface area contributed by atoms with Crippen LogP contribution in [0.5, 0.6) is 0 Å². The summed E-state index contributed by atoms with van der Waals surface area (Å²) in [5.74, 6) is 0.0544. The van der Waals surface area contributed by atoms with Gasteiger partial charge in [0, 0.05) is 26.2 Å². The van der Waals surface area contributed by atoms with Crippen LogP contribution in [0.3, 0.4) is 0 Å². The molecule has 0 amide bonds. The molecule has 0 bridgehead atoms. The van der Waals surface area contributed by atoms with E-state index in [1.54, 1.807) is 4.31 Å². The van der Waals surface area contributed by atoms with E-state index in [1.165, 1.54) is 4.90 Å². The maximum atomic E-state index is 12.6. The molecule has 2 aliphatic heterocycles. The second-order valence-electron chi connectivity index (χ2n) is 6.97. The number of morpholine rings is 1. The summed E-state index contributed by atoms with van der Waals surface area (Å²) in [7, 11) is -3.29. The molecule has 2 saturated heterocycles. The van der Waals surface area contributed by atoms with Crippen LogP contribution in [0.1, 0.15) is 5.56 Å². The fraction of sp³-hybridized carbons (Fsp3) is 0.611. The number of sulfonamides is 1. The van der Waals surface area contributed by atoms with Crippen LogP contribution in [0.2, 0.25) is 0 Å². The molecule has 0 aromatic heterocycles. The Labute approximate surface area is 167 Å². The van der Waals surface area contributed by atoms with Gasteiger partial charge in [0.1, 0.15) is 13.1 Å². The van der Waals surface area contributed by atoms with Crippen molar-refractivity contribution in [2.45, 2.75) is 5.75 Å². The van der Waals surface area contributed by atoms with Crippen LogP contribution in [-0.4, -0.2) is 88.3 Å². The monoisotopic (exact) mass is 413 g/mol. The maximum absolute atomic E-state index is 12.6. The Morgan fingerprint density at radius 1 is 1.11 bits per heavy atom. The quantitative estimate of drug-likeness (QED) is 0.579. The number of rotatable bonds is 6. The van der Waals surface area contributed by atoms with Crippen molar-refractivity contribution in [3.63, 3.8) is 0 Å². The highest BCUT2D eigenvalue weighted by atomic mass is 32.2. The van der Waals surface area contributed by atoms with Crippen molar-refractivity contribution < 1.29 is 18.1 Å². The van der Waals surface area contributed by atoms with Crippen LogP contribution in [0.25, 0.3) is 0 Å². The summed E-state index contributed by atoms with van der Waals surface area (Å²) in [6.45, 7) is 7.83. The van der Waals surface area contributed by atoms with Gasteiger partial charge in [0.25, 0.3) is 0 Å². The van der Waals surface area contributed by atoms with Gasteiger partial charge in [-0.15, -0.1) is 0 Å². The first-order valence-electron chi connectivity index (χ1n) is 9.50. The van der Waals surface area contributed by atoms with Crippen molar-refractivity contribution in [3.8, 4) is 0 Å². The Morgan fingerprint density at radius 3 is 2.44 bits per heavy atom. The Balaban J connectivity index is 1.40. The van der Waals surface area contributed by atoms with E-state index in [2.05, 4.69) is 10.2 Å². The highest BCUT2D eigenvalue weighted by Gasteiger charge is 2.28. The van der Waals surface area contributed by atoms with Crippen LogP contribution >= 0.6 is 12.2 Å². The smallest absolute Gasteiger partial charge is 0.218 e. The standard InChI is InChI=1S/C18H28N4O3S2/c23-27(24,16-17-4-2-1-3-5-17)22-10-8-21(9-11-22)18(26)19-6-7-20-12-14-25-15-13-20/h1-5H,6-16H2,(H,19,26)/p+1. The lowest BCUT2D eigenvalue weighted by Gasteiger charge is -2.35. The van der Waals surface area contributed by atoms with Gasteiger partial charge in [-0.3, -0.25) is 0 Å². The molecule has 3 rings (SSSR count). The second kappa shape index (κ2) is 9.79. The normalized spacial score (nSPS) is 19.8. The van der Waals surface area contributed by atoms with Gasteiger partial charge < -0.3 is 19.9 Å². The summed E-state index contributed by atoms with van der Waals surface area (Å²) in [6.07, 6.45) is 0. The Kier molecular flexibility index (Phi) is 7.42. The van der Waals surface area contributed by atoms with Gasteiger partial charge in [-0.25, -0.2) is 8.42 Å². The number of nitrogens with zero attached hydrogens (tertiary/aromatic N) is 2. The van der Waals surface area contributed by atoms with E-state index in [4.69, 9.17) is 17.0 Å². The second-order valence-corrected chi connectivity index (χ2v) is 9.33. The van der Waals surface area contributed by atoms with E-state index < -0.39 is 10.0 Å². The van der Waals surface area contributed by atoms with Crippen LogP contribution in [0.15, 0.2) is 30.3 Å². The molecular formula is C18H29N4O3S2+. The number of ether oxygens (including phenoxy) is 1. The minimum Gasteiger partial charge on any atom is -0.370 e. The van der Waals surface area contributed by atoms with E-state index in [9.17, 15) is 8.42 Å². The molecule has 150 valence electrons. The zero-order chi connectivity index (χ0) is 19.1. The van der Waals surface area contributed by atoms with Crippen molar-refractivity contribution >= 4 is 27.4 Å². The lowest BCUT2D eigenvalue weighted by atomic mass is 10.2. The largest absolute Gasteiger partial charge is 0.370 e. The molecule has 9 heteroatoms. The minimum atomic E-state index is -3.29. The predicted octanol–water partition coefficient (Wildman–Crippen LogP) is -1.08. The summed E-state index contributed by atoms with van der Waals surface area (Å²) in [6, 6.07) is 9.33. The molecule has 0 spiro atoms. The van der Waals surface area contributed by atoms with Crippen LogP contribution in [-0.2, 0) is 20.5 Å². The molecule has 0 saturated carbocycles. The first-order chi connectivity index (χ1) is 13.0. The first-order valence-corrected chi connectivity index (χ1v) is 11.5. The van der Waals surface area contributed by atoms with E-state index >= 15 is 0 Å². The van der Waals surface area contributed by atoms with Gasteiger partial charge in [0.05, 0.1) is 32.1 Å². The Bertz CT molecular complexity index is 701. The van der Waals surface area contributed by atoms with Gasteiger partial charge >= 0.3 is 0 Å². The minimum absolute atomic E-state index is 0.0544. The molecule has 27 heavy (non-hydrogen) atoms. The van der Waals surface area contributed by atoms with E-state index in [-0.39, 0.29) is 5.75 Å². The zero-order valence-electron chi connectivity index (χ0n) is 15.6. The summed E-state index contributed by atoms with van der Waals surface area (Å²) in [4.78, 5) is 3.60. The highest BCUT2D eigenvalue weighted by Crippen LogP contribution is 2.13. The Hall–Kier alpha value is -1.26. The Morgan fingerprint density at radius 2 is 1.78 bits per heavy atom. The molecule has 7 nitrogen and oxygen atoms in total. The number of hydrogen-bond donors (Lipinski definition) is 2. The van der Waals surface area contributed by atoms with Crippen molar-refractivity contribution in [3.05, 3.63) is 35.9 Å². The molecule has 2 aliphatic rings. The fourth-order valence-electron chi connectivity index (χ4n) is 3.41. The molecule has 1 aromatic rings. The van der Waals surface area contributed by atoms with Gasteiger partial charge in [-0.2, -0.15) is 4.31 Å². The van der Waals surface area contributed by atoms with Crippen molar-refractivity contribution in [2.75, 3.05) is 65.6 Å². The number of piperazine rings is 1. The molecule has 0 atom stereocenters. The summed E-state index contributed by atoms with van der Waals surface area (Å²) >= 11 is 5.49. The number of quaternary nitrogens is 1. The maximum Gasteiger partial charge on any atom is 0.218 e. The molecule has 0 unspecified atom stereocenters. The molecule has 0 aliphatic carbocycles. The molecule has 2 fully saturated rings. The predicted molar refractivity (Wildman–Crippen MR) is 109 cm³/mol. The van der Waals surface area contributed by atoms with Gasteiger partial charge in [-0.1, -0.05) is 30.3 Å². The number of thiocarbonyl (C=S) groups is 1.